The van der Waals surface area contributed by atoms with Crippen LogP contribution in [0.25, 0.3) is 0 Å². The Morgan fingerprint density at radius 2 is 2.00 bits per heavy atom. The van der Waals surface area contributed by atoms with E-state index in [-0.39, 0.29) is 12.6 Å². The van der Waals surface area contributed by atoms with Gasteiger partial charge in [0.25, 0.3) is 0 Å². The van der Waals surface area contributed by atoms with Crippen LogP contribution in [0.15, 0.2) is 30.3 Å². The van der Waals surface area contributed by atoms with E-state index in [0.29, 0.717) is 6.04 Å². The van der Waals surface area contributed by atoms with Crippen molar-refractivity contribution in [1.82, 2.24) is 10.2 Å². The highest BCUT2D eigenvalue weighted by Crippen LogP contribution is 2.27. The first-order chi connectivity index (χ1) is 9.35. The first kappa shape index (κ1) is 13.1. The van der Waals surface area contributed by atoms with Gasteiger partial charge in [-0.3, -0.25) is 0 Å². The van der Waals surface area contributed by atoms with Crippen molar-refractivity contribution in [2.24, 2.45) is 5.92 Å². The largest absolute Gasteiger partial charge is 0.395 e. The molecule has 0 saturated carbocycles. The molecule has 3 nitrogen and oxygen atoms in total. The molecular weight excluding hydrogens is 236 g/mol. The number of fused-ring (bicyclic) bond motifs is 2. The Morgan fingerprint density at radius 1 is 1.21 bits per heavy atom. The molecule has 0 radical (unpaired) electrons. The Hall–Kier alpha value is -0.900. The highest BCUT2D eigenvalue weighted by molar-refractivity contribution is 5.16. The molecule has 3 heteroatoms. The summed E-state index contributed by atoms with van der Waals surface area (Å²) >= 11 is 0. The first-order valence-electron chi connectivity index (χ1n) is 7.48. The zero-order valence-corrected chi connectivity index (χ0v) is 11.5. The molecule has 2 heterocycles. The quantitative estimate of drug-likeness (QED) is 0.837. The Labute approximate surface area is 115 Å². The van der Waals surface area contributed by atoms with E-state index in [9.17, 15) is 5.11 Å². The van der Waals surface area contributed by atoms with Gasteiger partial charge in [-0.2, -0.15) is 0 Å². The Bertz CT molecular complexity index is 395. The third kappa shape index (κ3) is 3.16. The molecule has 3 unspecified atom stereocenters. The number of nitrogens with one attached hydrogen (secondary N) is 1. The Kier molecular flexibility index (Phi) is 4.16. The maximum absolute atomic E-state index is 9.61. The second-order valence-corrected chi connectivity index (χ2v) is 5.98. The number of aliphatic hydroxyl groups is 1. The van der Waals surface area contributed by atoms with Gasteiger partial charge in [0.05, 0.1) is 6.61 Å². The number of rotatable bonds is 5. The summed E-state index contributed by atoms with van der Waals surface area (Å²) in [5.74, 6) is 0.790. The lowest BCUT2D eigenvalue weighted by atomic mass is 9.92. The number of aliphatic hydroxyl groups excluding tert-OH is 1. The molecule has 4 atom stereocenters. The first-order valence-corrected chi connectivity index (χ1v) is 7.48. The van der Waals surface area contributed by atoms with E-state index in [1.807, 2.05) is 6.07 Å². The van der Waals surface area contributed by atoms with Gasteiger partial charge in [-0.15, -0.1) is 0 Å². The number of hydrogen-bond donors (Lipinski definition) is 2. The summed E-state index contributed by atoms with van der Waals surface area (Å²) in [6, 6.07) is 11.3. The smallest absolute Gasteiger partial charge is 0.0587 e. The van der Waals surface area contributed by atoms with E-state index in [1.54, 1.807) is 0 Å². The summed E-state index contributed by atoms with van der Waals surface area (Å²) in [7, 11) is 0. The van der Waals surface area contributed by atoms with Crippen molar-refractivity contribution in [2.45, 2.75) is 31.3 Å². The number of benzene rings is 1. The minimum Gasteiger partial charge on any atom is -0.395 e. The second kappa shape index (κ2) is 6.04. The normalized spacial score (nSPS) is 31.3. The molecular formula is C16H24N2O. The van der Waals surface area contributed by atoms with Gasteiger partial charge in [-0.1, -0.05) is 30.3 Å². The van der Waals surface area contributed by atoms with Crippen molar-refractivity contribution >= 4 is 0 Å². The van der Waals surface area contributed by atoms with Crippen LogP contribution in [0.2, 0.25) is 0 Å². The molecule has 2 bridgehead atoms. The van der Waals surface area contributed by atoms with Crippen LogP contribution in [0, 0.1) is 5.92 Å². The third-order valence-electron chi connectivity index (χ3n) is 4.63. The summed E-state index contributed by atoms with van der Waals surface area (Å²) < 4.78 is 0. The topological polar surface area (TPSA) is 35.5 Å². The van der Waals surface area contributed by atoms with E-state index < -0.39 is 0 Å². The van der Waals surface area contributed by atoms with Crippen LogP contribution >= 0.6 is 0 Å². The molecule has 1 aromatic carbocycles. The van der Waals surface area contributed by atoms with Crippen LogP contribution in [0.5, 0.6) is 0 Å². The van der Waals surface area contributed by atoms with Gasteiger partial charge < -0.3 is 15.3 Å². The zero-order valence-electron chi connectivity index (χ0n) is 11.5. The van der Waals surface area contributed by atoms with Crippen molar-refractivity contribution in [3.8, 4) is 0 Å². The molecule has 2 aliphatic rings. The zero-order chi connectivity index (χ0) is 13.1. The predicted molar refractivity (Wildman–Crippen MR) is 77.1 cm³/mol. The summed E-state index contributed by atoms with van der Waals surface area (Å²) in [4.78, 5) is 2.56. The van der Waals surface area contributed by atoms with Gasteiger partial charge in [0.15, 0.2) is 0 Å². The van der Waals surface area contributed by atoms with Gasteiger partial charge in [0.2, 0.25) is 0 Å². The summed E-state index contributed by atoms with van der Waals surface area (Å²) in [6.45, 7) is 3.96. The fourth-order valence-corrected chi connectivity index (χ4v) is 3.55. The van der Waals surface area contributed by atoms with E-state index >= 15 is 0 Å². The minimum atomic E-state index is 0.194. The lowest BCUT2D eigenvalue weighted by Crippen LogP contribution is -2.49. The molecule has 2 N–H and O–H groups in total. The van der Waals surface area contributed by atoms with Crippen molar-refractivity contribution in [3.63, 3.8) is 0 Å². The van der Waals surface area contributed by atoms with E-state index in [0.717, 1.165) is 12.3 Å². The molecule has 0 amide bonds. The lowest BCUT2D eigenvalue weighted by molar-refractivity contribution is 0.177. The van der Waals surface area contributed by atoms with E-state index in [4.69, 9.17) is 0 Å². The molecule has 2 aliphatic heterocycles. The maximum Gasteiger partial charge on any atom is 0.0587 e. The lowest BCUT2D eigenvalue weighted by Gasteiger charge is -2.33. The summed E-state index contributed by atoms with van der Waals surface area (Å²) in [6.07, 6.45) is 3.47. The molecule has 3 rings (SSSR count). The van der Waals surface area contributed by atoms with Crippen LogP contribution in [0.4, 0.5) is 0 Å². The van der Waals surface area contributed by atoms with Crippen LogP contribution in [-0.2, 0) is 6.42 Å². The second-order valence-electron chi connectivity index (χ2n) is 5.98. The Morgan fingerprint density at radius 3 is 2.79 bits per heavy atom. The molecule has 1 aromatic rings. The monoisotopic (exact) mass is 260 g/mol. The molecule has 0 aromatic heterocycles. The number of nitrogens with zero attached hydrogens (tertiary/aromatic N) is 1. The summed E-state index contributed by atoms with van der Waals surface area (Å²) in [5, 5.41) is 13.3. The standard InChI is InChI=1S/C16H24N2O/c19-12-15(10-13-4-2-1-3-5-13)17-16-7-9-18-8-6-14(16)11-18/h1-5,14-17,19H,6-12H2/t14?,15-,16?/m1/s1. The maximum atomic E-state index is 9.61. The van der Waals surface area contributed by atoms with Gasteiger partial charge in [0, 0.05) is 18.6 Å². The highest BCUT2D eigenvalue weighted by atomic mass is 16.3. The van der Waals surface area contributed by atoms with Crippen LogP contribution in [0.1, 0.15) is 18.4 Å². The average molecular weight is 260 g/mol. The van der Waals surface area contributed by atoms with Crippen LogP contribution in [0.3, 0.4) is 0 Å². The Balaban J connectivity index is 1.57. The number of piperidine rings is 1. The average Bonchev–Trinajstić information content (AvgIpc) is 2.85. The van der Waals surface area contributed by atoms with E-state index in [1.165, 1.54) is 38.0 Å². The van der Waals surface area contributed by atoms with Crippen LogP contribution < -0.4 is 5.32 Å². The van der Waals surface area contributed by atoms with Gasteiger partial charge >= 0.3 is 0 Å². The minimum absolute atomic E-state index is 0.194. The SMILES string of the molecule is OC[C@@H](Cc1ccccc1)NC1CCN2CCC1C2. The van der Waals surface area contributed by atoms with Gasteiger partial charge in [-0.25, -0.2) is 0 Å². The van der Waals surface area contributed by atoms with Crippen molar-refractivity contribution in [3.05, 3.63) is 35.9 Å². The molecule has 0 aliphatic carbocycles. The molecule has 104 valence electrons. The van der Waals surface area contributed by atoms with Crippen molar-refractivity contribution < 1.29 is 5.11 Å². The van der Waals surface area contributed by atoms with E-state index in [2.05, 4.69) is 34.5 Å². The molecule has 2 fully saturated rings. The number of hydrogen-bond acceptors (Lipinski definition) is 3. The van der Waals surface area contributed by atoms with Gasteiger partial charge in [0.1, 0.15) is 0 Å². The summed E-state index contributed by atoms with van der Waals surface area (Å²) in [5.41, 5.74) is 1.30. The van der Waals surface area contributed by atoms with Crippen molar-refractivity contribution in [2.75, 3.05) is 26.2 Å². The predicted octanol–water partition coefficient (Wildman–Crippen LogP) is 1.27. The highest BCUT2D eigenvalue weighted by Gasteiger charge is 2.34. The third-order valence-corrected chi connectivity index (χ3v) is 4.63. The molecule has 19 heavy (non-hydrogen) atoms. The fourth-order valence-electron chi connectivity index (χ4n) is 3.55. The van der Waals surface area contributed by atoms with Crippen LogP contribution in [-0.4, -0.2) is 48.3 Å². The van der Waals surface area contributed by atoms with Crippen molar-refractivity contribution in [1.29, 1.82) is 0 Å². The fraction of sp³-hybridized carbons (Fsp3) is 0.625. The van der Waals surface area contributed by atoms with Gasteiger partial charge in [-0.05, 0) is 43.8 Å². The molecule has 0 spiro atoms. The molecule has 2 saturated heterocycles.